The van der Waals surface area contributed by atoms with E-state index < -0.39 is 48.3 Å². The van der Waals surface area contributed by atoms with Gasteiger partial charge in [0, 0.05) is 18.8 Å². The monoisotopic (exact) mass is 412 g/mol. The summed E-state index contributed by atoms with van der Waals surface area (Å²) in [7, 11) is -13.1. The SMILES string of the molecule is CCSCCOCCC(S(=O)(=O)C(F)(F)F)S(=O)(=O)C(F)(F)F. The van der Waals surface area contributed by atoms with E-state index in [1.54, 1.807) is 6.92 Å². The van der Waals surface area contributed by atoms with Crippen molar-refractivity contribution < 1.29 is 47.9 Å². The van der Waals surface area contributed by atoms with E-state index in [9.17, 15) is 43.2 Å². The molecule has 14 heteroatoms. The van der Waals surface area contributed by atoms with Crippen molar-refractivity contribution in [1.29, 1.82) is 0 Å². The third kappa shape index (κ3) is 5.98. The van der Waals surface area contributed by atoms with Gasteiger partial charge in [-0.25, -0.2) is 16.8 Å². The first-order valence-corrected chi connectivity index (χ1v) is 10.2. The normalized spacial score (nSPS) is 14.4. The molecule has 0 aliphatic heterocycles. The number of thioether (sulfide) groups is 1. The minimum atomic E-state index is -6.57. The lowest BCUT2D eigenvalue weighted by Gasteiger charge is -2.20. The second-order valence-corrected chi connectivity index (χ2v) is 9.95. The van der Waals surface area contributed by atoms with E-state index in [0.717, 1.165) is 0 Å². The number of hydrogen-bond donors (Lipinski definition) is 0. The molecule has 0 radical (unpaired) electrons. The Labute approximate surface area is 133 Å². The van der Waals surface area contributed by atoms with Gasteiger partial charge in [0.1, 0.15) is 0 Å². The minimum absolute atomic E-state index is 0.0661. The molecule has 0 fully saturated rings. The summed E-state index contributed by atoms with van der Waals surface area (Å²) >= 11 is 1.37. The predicted molar refractivity (Wildman–Crippen MR) is 72.2 cm³/mol. The van der Waals surface area contributed by atoms with Crippen molar-refractivity contribution in [2.24, 2.45) is 0 Å². The van der Waals surface area contributed by atoms with Crippen LogP contribution >= 0.6 is 11.8 Å². The Hall–Kier alpha value is -0.210. The molecule has 0 spiro atoms. The first-order valence-electron chi connectivity index (χ1n) is 5.95. The summed E-state index contributed by atoms with van der Waals surface area (Å²) in [6.07, 6.45) is -1.47. The van der Waals surface area contributed by atoms with E-state index in [1.165, 1.54) is 11.8 Å². The van der Waals surface area contributed by atoms with Crippen molar-refractivity contribution in [3.63, 3.8) is 0 Å². The number of rotatable bonds is 9. The molecule has 0 saturated carbocycles. The average Bonchev–Trinajstić information content (AvgIpc) is 2.34. The Morgan fingerprint density at radius 3 is 1.70 bits per heavy atom. The highest BCUT2D eigenvalue weighted by Crippen LogP contribution is 2.37. The standard InChI is InChI=1S/C9H14F6O5S3/c1-2-21-6-5-20-4-3-7(22(16,17)8(10,11)12)23(18,19)9(13,14)15/h7H,2-6H2,1H3. The van der Waals surface area contributed by atoms with Crippen LogP contribution in [0.3, 0.4) is 0 Å². The molecule has 0 aromatic heterocycles. The van der Waals surface area contributed by atoms with Gasteiger partial charge in [-0.3, -0.25) is 0 Å². The van der Waals surface area contributed by atoms with Gasteiger partial charge in [-0.15, -0.1) is 0 Å². The lowest BCUT2D eigenvalue weighted by atomic mass is 10.5. The summed E-state index contributed by atoms with van der Waals surface area (Å²) in [5.41, 5.74) is -12.3. The Morgan fingerprint density at radius 2 is 1.35 bits per heavy atom. The Morgan fingerprint density at radius 1 is 0.913 bits per heavy atom. The first-order chi connectivity index (χ1) is 10.2. The number of halogens is 6. The van der Waals surface area contributed by atoms with Gasteiger partial charge >= 0.3 is 11.0 Å². The highest BCUT2D eigenvalue weighted by Gasteiger charge is 2.62. The molecule has 0 heterocycles. The maximum atomic E-state index is 12.4. The molecule has 0 unspecified atom stereocenters. The van der Waals surface area contributed by atoms with Crippen molar-refractivity contribution in [3.05, 3.63) is 0 Å². The van der Waals surface area contributed by atoms with Crippen molar-refractivity contribution in [2.45, 2.75) is 28.9 Å². The Balaban J connectivity index is 5.30. The van der Waals surface area contributed by atoms with E-state index in [-0.39, 0.29) is 6.61 Å². The average molecular weight is 412 g/mol. The van der Waals surface area contributed by atoms with Crippen LogP contribution in [-0.4, -0.2) is 57.2 Å². The molecule has 0 saturated heterocycles. The molecular weight excluding hydrogens is 398 g/mol. The van der Waals surface area contributed by atoms with Crippen molar-refractivity contribution >= 4 is 31.4 Å². The summed E-state index contributed by atoms with van der Waals surface area (Å²) < 4.78 is 120. The molecule has 0 atom stereocenters. The quantitative estimate of drug-likeness (QED) is 0.427. The maximum absolute atomic E-state index is 12.4. The Bertz CT molecular complexity index is 521. The molecule has 0 aliphatic rings. The summed E-state index contributed by atoms with van der Waals surface area (Å²) in [4.78, 5) is 0. The van der Waals surface area contributed by atoms with Crippen LogP contribution in [0.5, 0.6) is 0 Å². The van der Waals surface area contributed by atoms with Gasteiger partial charge in [0.05, 0.1) is 6.61 Å². The molecular formula is C9H14F6O5S3. The third-order valence-corrected chi connectivity index (χ3v) is 7.94. The fourth-order valence-corrected chi connectivity index (χ4v) is 5.24. The van der Waals surface area contributed by atoms with E-state index >= 15 is 0 Å². The van der Waals surface area contributed by atoms with Crippen LogP contribution in [0.1, 0.15) is 13.3 Å². The number of ether oxygens (including phenoxy) is 1. The molecule has 0 rings (SSSR count). The molecule has 0 aromatic carbocycles. The molecule has 140 valence electrons. The first kappa shape index (κ1) is 22.8. The summed E-state index contributed by atoms with van der Waals surface area (Å²) in [6, 6.07) is 0. The fraction of sp³-hybridized carbons (Fsp3) is 1.00. The molecule has 0 aromatic rings. The van der Waals surface area contributed by atoms with Crippen LogP contribution in [0.2, 0.25) is 0 Å². The number of alkyl halides is 6. The van der Waals surface area contributed by atoms with Gasteiger partial charge in [0.15, 0.2) is 4.58 Å². The molecule has 0 N–H and O–H groups in total. The van der Waals surface area contributed by atoms with Crippen LogP contribution in [0.15, 0.2) is 0 Å². The summed E-state index contributed by atoms with van der Waals surface area (Å²) in [5.74, 6) is 1.07. The fourth-order valence-electron chi connectivity index (χ4n) is 1.32. The summed E-state index contributed by atoms with van der Waals surface area (Å²) in [5, 5.41) is 0. The zero-order chi connectivity index (χ0) is 18.5. The van der Waals surface area contributed by atoms with E-state index in [4.69, 9.17) is 4.74 Å². The lowest BCUT2D eigenvalue weighted by molar-refractivity contribution is -0.0474. The molecule has 0 aliphatic carbocycles. The van der Waals surface area contributed by atoms with E-state index in [0.29, 0.717) is 11.5 Å². The summed E-state index contributed by atoms with van der Waals surface area (Å²) in [6.45, 7) is 0.857. The maximum Gasteiger partial charge on any atom is 0.498 e. The van der Waals surface area contributed by atoms with Gasteiger partial charge in [-0.05, 0) is 5.75 Å². The smallest absolute Gasteiger partial charge is 0.381 e. The molecule has 5 nitrogen and oxygen atoms in total. The molecule has 0 bridgehead atoms. The van der Waals surface area contributed by atoms with Gasteiger partial charge in [0.2, 0.25) is 0 Å². The zero-order valence-electron chi connectivity index (χ0n) is 11.6. The number of hydrogen-bond acceptors (Lipinski definition) is 6. The molecule has 23 heavy (non-hydrogen) atoms. The van der Waals surface area contributed by atoms with Crippen LogP contribution in [0.4, 0.5) is 26.3 Å². The largest absolute Gasteiger partial charge is 0.498 e. The third-order valence-electron chi connectivity index (χ3n) is 2.41. The van der Waals surface area contributed by atoms with Crippen molar-refractivity contribution in [1.82, 2.24) is 0 Å². The highest BCUT2D eigenvalue weighted by molar-refractivity contribution is 8.09. The van der Waals surface area contributed by atoms with Gasteiger partial charge in [0.25, 0.3) is 19.7 Å². The minimum Gasteiger partial charge on any atom is -0.381 e. The lowest BCUT2D eigenvalue weighted by Crippen LogP contribution is -2.45. The van der Waals surface area contributed by atoms with Gasteiger partial charge in [-0.2, -0.15) is 38.1 Å². The highest BCUT2D eigenvalue weighted by atomic mass is 32.3. The van der Waals surface area contributed by atoms with Crippen LogP contribution in [0.25, 0.3) is 0 Å². The Kier molecular flexibility index (Phi) is 8.17. The van der Waals surface area contributed by atoms with Crippen molar-refractivity contribution in [2.75, 3.05) is 24.7 Å². The number of sulfone groups is 2. The molecule has 0 amide bonds. The second-order valence-electron chi connectivity index (χ2n) is 4.01. The van der Waals surface area contributed by atoms with Crippen molar-refractivity contribution in [3.8, 4) is 0 Å². The van der Waals surface area contributed by atoms with Crippen LogP contribution in [0, 0.1) is 0 Å². The van der Waals surface area contributed by atoms with Gasteiger partial charge in [-0.1, -0.05) is 6.92 Å². The zero-order valence-corrected chi connectivity index (χ0v) is 14.1. The van der Waals surface area contributed by atoms with Crippen LogP contribution < -0.4 is 0 Å². The second kappa shape index (κ2) is 8.25. The van der Waals surface area contributed by atoms with E-state index in [2.05, 4.69) is 0 Å². The van der Waals surface area contributed by atoms with Crippen LogP contribution in [-0.2, 0) is 24.4 Å². The van der Waals surface area contributed by atoms with Gasteiger partial charge < -0.3 is 4.74 Å². The predicted octanol–water partition coefficient (Wildman–Crippen LogP) is 2.34. The topological polar surface area (TPSA) is 77.5 Å². The van der Waals surface area contributed by atoms with E-state index in [1.807, 2.05) is 0 Å².